The lowest BCUT2D eigenvalue weighted by molar-refractivity contribution is 0.619. The van der Waals surface area contributed by atoms with Crippen LogP contribution in [0.25, 0.3) is 0 Å². The van der Waals surface area contributed by atoms with Gasteiger partial charge in [0.15, 0.2) is 0 Å². The molecule has 6 heteroatoms. The van der Waals surface area contributed by atoms with E-state index in [-0.39, 0.29) is 31.5 Å². The van der Waals surface area contributed by atoms with Crippen LogP contribution in [0, 0.1) is 11.6 Å². The van der Waals surface area contributed by atoms with Gasteiger partial charge in [-0.3, -0.25) is 0 Å². The summed E-state index contributed by atoms with van der Waals surface area (Å²) in [6, 6.07) is 10.7. The van der Waals surface area contributed by atoms with Gasteiger partial charge in [0.05, 0.1) is 8.95 Å². The van der Waals surface area contributed by atoms with Gasteiger partial charge in [-0.05, 0) is 96.0 Å². The summed E-state index contributed by atoms with van der Waals surface area (Å²) in [6.07, 6.45) is 1.20. The van der Waals surface area contributed by atoms with Crippen molar-refractivity contribution in [2.24, 2.45) is 0 Å². The molecule has 1 saturated heterocycles. The Hall–Kier alpha value is -0.0400. The smallest absolute Gasteiger partial charge is 0.137 e. The molecule has 1 aliphatic rings. The van der Waals surface area contributed by atoms with Gasteiger partial charge in [0.1, 0.15) is 11.6 Å². The molecule has 0 nitrogen and oxygen atoms in total. The maximum Gasteiger partial charge on any atom is 0.137 e. The molecule has 0 aliphatic carbocycles. The van der Waals surface area contributed by atoms with Crippen molar-refractivity contribution < 1.29 is 8.78 Å². The van der Waals surface area contributed by atoms with E-state index in [9.17, 15) is 8.78 Å². The zero-order valence-electron chi connectivity index (χ0n) is 11.0. The number of rotatable bonds is 2. The second-order valence-electron chi connectivity index (χ2n) is 4.80. The van der Waals surface area contributed by atoms with Crippen molar-refractivity contribution in [3.8, 4) is 0 Å². The molecule has 0 spiro atoms. The second-order valence-corrected chi connectivity index (χ2v) is 12.9. The molecule has 2 atom stereocenters. The average Bonchev–Trinajstić information content (AvgIpc) is 2.94. The van der Waals surface area contributed by atoms with Crippen LogP contribution in [0.4, 0.5) is 8.78 Å². The highest BCUT2D eigenvalue weighted by Crippen LogP contribution is 2.68. The highest BCUT2D eigenvalue weighted by atomic mass is 79.9. The fraction of sp³-hybridized carbons (Fsp3) is 0.200. The first-order chi connectivity index (χ1) is 10.1. The first-order valence-corrected chi connectivity index (χ1v) is 11.9. The summed E-state index contributed by atoms with van der Waals surface area (Å²) in [5.74, 6) is 1.91. The first-order valence-electron chi connectivity index (χ1n) is 6.51. The Morgan fingerprint density at radius 3 is 1.57 bits per heavy atom. The van der Waals surface area contributed by atoms with E-state index < -0.39 is 0 Å². The molecule has 3 rings (SSSR count). The Balaban J connectivity index is 1.94. The fourth-order valence-electron chi connectivity index (χ4n) is 2.44. The summed E-state index contributed by atoms with van der Waals surface area (Å²) in [5.41, 5.74) is 0. The summed E-state index contributed by atoms with van der Waals surface area (Å²) in [7, 11) is -0.611. The molecule has 0 saturated carbocycles. The molecule has 21 heavy (non-hydrogen) atoms. The lowest BCUT2D eigenvalue weighted by atomic mass is 10.3. The molecule has 1 aliphatic heterocycles. The van der Waals surface area contributed by atoms with E-state index in [0.29, 0.717) is 8.95 Å². The van der Waals surface area contributed by atoms with Crippen molar-refractivity contribution >= 4 is 51.7 Å². The van der Waals surface area contributed by atoms with Crippen molar-refractivity contribution in [3.05, 3.63) is 57.0 Å². The van der Waals surface area contributed by atoms with Gasteiger partial charge >= 0.3 is 0 Å². The molecular weight excluding hydrogens is 442 g/mol. The predicted octanol–water partition coefficient (Wildman–Crippen LogP) is 6.23. The summed E-state index contributed by atoms with van der Waals surface area (Å²) in [5, 5.41) is 0. The topological polar surface area (TPSA) is 0 Å². The molecule has 0 amide bonds. The zero-order chi connectivity index (χ0) is 15.0. The van der Waals surface area contributed by atoms with Crippen molar-refractivity contribution in [1.82, 2.24) is 0 Å². The van der Waals surface area contributed by atoms with Crippen LogP contribution in [0.2, 0.25) is 0 Å². The van der Waals surface area contributed by atoms with Gasteiger partial charge in [-0.2, -0.15) is 19.9 Å². The molecule has 2 aromatic carbocycles. The molecule has 1 heterocycles. The maximum atomic E-state index is 13.4. The maximum absolute atomic E-state index is 13.4. The number of benzene rings is 2. The van der Waals surface area contributed by atoms with E-state index in [2.05, 4.69) is 31.9 Å². The minimum Gasteiger partial charge on any atom is -0.206 e. The van der Waals surface area contributed by atoms with Gasteiger partial charge in [0.25, 0.3) is 0 Å². The monoisotopic (exact) mass is 454 g/mol. The minimum absolute atomic E-state index is 0.221. The van der Waals surface area contributed by atoms with Crippen LogP contribution in [-0.4, -0.2) is 11.5 Å². The lowest BCUT2D eigenvalue weighted by Gasteiger charge is -2.29. The van der Waals surface area contributed by atoms with Crippen LogP contribution in [0.15, 0.2) is 55.1 Å². The summed E-state index contributed by atoms with van der Waals surface area (Å²) in [4.78, 5) is 2.48. The molecular formula is C15H14Br2F2S2. The largest absolute Gasteiger partial charge is 0.206 e. The van der Waals surface area contributed by atoms with E-state index in [1.807, 2.05) is 24.3 Å². The standard InChI is InChI=1S/C15H14Br2F2S2/c16-12-8-10(2-4-14(12)18)20-6-1-7-21(20)11-3-5-15(19)13(17)9-11/h2-5,8-9,20-21H,1,6-7H2. The van der Waals surface area contributed by atoms with Crippen LogP contribution < -0.4 is 0 Å². The van der Waals surface area contributed by atoms with Gasteiger partial charge in [0.2, 0.25) is 0 Å². The highest BCUT2D eigenvalue weighted by Gasteiger charge is 2.24. The van der Waals surface area contributed by atoms with Crippen molar-refractivity contribution in [2.75, 3.05) is 11.5 Å². The Bertz CT molecular complexity index is 621. The average molecular weight is 456 g/mol. The SMILES string of the molecule is Fc1ccc([SH]2CCC[SH]2c2ccc(F)c(Br)c2)cc1Br. The summed E-state index contributed by atoms with van der Waals surface area (Å²) >= 11 is 6.55. The first kappa shape index (κ1) is 15.8. The summed E-state index contributed by atoms with van der Waals surface area (Å²) < 4.78 is 27.9. The summed E-state index contributed by atoms with van der Waals surface area (Å²) in [6.45, 7) is 0. The fourth-order valence-corrected chi connectivity index (χ4v) is 12.0. The van der Waals surface area contributed by atoms with E-state index in [1.54, 1.807) is 0 Å². The minimum atomic E-state index is -0.306. The number of hydrogen-bond donors (Lipinski definition) is 2. The Labute approximate surface area is 144 Å². The number of hydrogen-bond acceptors (Lipinski definition) is 0. The van der Waals surface area contributed by atoms with Gasteiger partial charge in [0, 0.05) is 0 Å². The molecule has 0 aromatic heterocycles. The molecule has 0 bridgehead atoms. The normalized spacial score (nSPS) is 25.1. The van der Waals surface area contributed by atoms with Gasteiger partial charge in [-0.1, -0.05) is 0 Å². The third-order valence-electron chi connectivity index (χ3n) is 3.43. The Morgan fingerprint density at radius 2 is 1.19 bits per heavy atom. The lowest BCUT2D eigenvalue weighted by Crippen LogP contribution is -1.88. The number of thiol groups is 2. The van der Waals surface area contributed by atoms with Crippen LogP contribution in [-0.2, 0) is 0 Å². The van der Waals surface area contributed by atoms with Gasteiger partial charge < -0.3 is 0 Å². The molecule has 114 valence electrons. The molecule has 2 unspecified atom stereocenters. The van der Waals surface area contributed by atoms with Crippen LogP contribution in [0.1, 0.15) is 6.42 Å². The number of halogens is 4. The van der Waals surface area contributed by atoms with Crippen LogP contribution >= 0.6 is 51.7 Å². The predicted molar refractivity (Wildman–Crippen MR) is 97.1 cm³/mol. The van der Waals surface area contributed by atoms with Crippen molar-refractivity contribution in [2.45, 2.75) is 16.2 Å². The van der Waals surface area contributed by atoms with Crippen molar-refractivity contribution in [1.29, 1.82) is 0 Å². The zero-order valence-corrected chi connectivity index (χ0v) is 16.0. The molecule has 1 fully saturated rings. The third-order valence-corrected chi connectivity index (χ3v) is 12.8. The Morgan fingerprint density at radius 1 is 0.762 bits per heavy atom. The van der Waals surface area contributed by atoms with Crippen molar-refractivity contribution in [3.63, 3.8) is 0 Å². The van der Waals surface area contributed by atoms with E-state index in [1.165, 1.54) is 39.9 Å². The second kappa shape index (κ2) is 6.60. The van der Waals surface area contributed by atoms with Crippen LogP contribution in [0.5, 0.6) is 0 Å². The quantitative estimate of drug-likeness (QED) is 0.389. The molecule has 2 aromatic rings. The Kier molecular flexibility index (Phi) is 4.98. The van der Waals surface area contributed by atoms with Gasteiger partial charge in [-0.15, -0.1) is 0 Å². The van der Waals surface area contributed by atoms with Crippen LogP contribution in [0.3, 0.4) is 0 Å². The van der Waals surface area contributed by atoms with E-state index >= 15 is 0 Å². The molecule has 0 radical (unpaired) electrons. The molecule has 0 N–H and O–H groups in total. The van der Waals surface area contributed by atoms with E-state index in [0.717, 1.165) is 0 Å². The third kappa shape index (κ3) is 3.33. The van der Waals surface area contributed by atoms with E-state index in [4.69, 9.17) is 0 Å². The van der Waals surface area contributed by atoms with Gasteiger partial charge in [-0.25, -0.2) is 8.78 Å². The highest BCUT2D eigenvalue weighted by molar-refractivity contribution is 9.10.